The van der Waals surface area contributed by atoms with Gasteiger partial charge in [-0.05, 0) is 51.5 Å². The summed E-state index contributed by atoms with van der Waals surface area (Å²) in [5.74, 6) is 6.51. The molecule has 0 saturated carbocycles. The molecule has 0 amide bonds. The van der Waals surface area contributed by atoms with Crippen molar-refractivity contribution in [1.82, 2.24) is 10.1 Å². The first kappa shape index (κ1) is 23.9. The van der Waals surface area contributed by atoms with Gasteiger partial charge in [-0.25, -0.2) is 0 Å². The van der Waals surface area contributed by atoms with Crippen LogP contribution in [0.3, 0.4) is 0 Å². The summed E-state index contributed by atoms with van der Waals surface area (Å²) in [5.41, 5.74) is 6.68. The molecule has 0 saturated heterocycles. The van der Waals surface area contributed by atoms with Crippen molar-refractivity contribution in [1.29, 1.82) is 0 Å². The van der Waals surface area contributed by atoms with Crippen LogP contribution in [-0.2, 0) is 19.8 Å². The molecule has 0 unspecified atom stereocenters. The molecular formula is C22H30N5O4P. The Morgan fingerprint density at radius 3 is 2.28 bits per heavy atom. The first-order chi connectivity index (χ1) is 15.4. The third kappa shape index (κ3) is 5.95. The molecule has 172 valence electrons. The smallest absolute Gasteiger partial charge is 0.335 e. The molecule has 0 spiro atoms. The zero-order chi connectivity index (χ0) is 23.1. The molecule has 0 fully saturated rings. The first-order valence-electron chi connectivity index (χ1n) is 10.6. The number of benzene rings is 2. The minimum absolute atomic E-state index is 0.206. The van der Waals surface area contributed by atoms with Crippen LogP contribution in [0.5, 0.6) is 0 Å². The molecule has 0 aliphatic heterocycles. The Bertz CT molecular complexity index is 1060. The molecule has 3 aromatic rings. The van der Waals surface area contributed by atoms with Gasteiger partial charge < -0.3 is 24.3 Å². The van der Waals surface area contributed by atoms with Crippen LogP contribution < -0.4 is 16.6 Å². The maximum Gasteiger partial charge on any atom is 0.335 e. The highest BCUT2D eigenvalue weighted by Crippen LogP contribution is 2.51. The van der Waals surface area contributed by atoms with Gasteiger partial charge in [0.2, 0.25) is 5.82 Å². The average molecular weight is 459 g/mol. The van der Waals surface area contributed by atoms with E-state index in [1.807, 2.05) is 42.5 Å². The van der Waals surface area contributed by atoms with Crippen molar-refractivity contribution in [2.24, 2.45) is 5.84 Å². The van der Waals surface area contributed by atoms with Crippen LogP contribution in [0.1, 0.15) is 33.3 Å². The third-order valence-corrected chi connectivity index (χ3v) is 6.59. The minimum atomic E-state index is -3.16. The number of rotatable bonds is 11. The molecule has 1 heterocycles. The fourth-order valence-electron chi connectivity index (χ4n) is 3.20. The second kappa shape index (κ2) is 10.7. The molecule has 4 N–H and O–H groups in total. The lowest BCUT2D eigenvalue weighted by Gasteiger charge is -2.16. The number of nitrogens with two attached hydrogens (primary N) is 1. The summed E-state index contributed by atoms with van der Waals surface area (Å²) in [7, 11) is -3.16. The summed E-state index contributed by atoms with van der Waals surface area (Å²) in [5, 5.41) is 7.42. The van der Waals surface area contributed by atoms with Crippen LogP contribution >= 0.6 is 7.60 Å². The van der Waals surface area contributed by atoms with Gasteiger partial charge in [0.25, 0.3) is 5.89 Å². The lowest BCUT2D eigenvalue weighted by molar-refractivity contribution is 0.219. The third-order valence-electron chi connectivity index (χ3n) is 4.53. The highest BCUT2D eigenvalue weighted by molar-refractivity contribution is 7.53. The van der Waals surface area contributed by atoms with Crippen molar-refractivity contribution in [3.8, 4) is 22.8 Å². The predicted molar refractivity (Wildman–Crippen MR) is 126 cm³/mol. The standard InChI is InChI=1S/C22H30N5O4P/c1-5-29-32(28,30-6-2)14-16-7-9-17(10-8-16)21-25-22(31-27-21)18-11-12-19(24-15(3)4)20(13-18)26-23/h7-13,15,24,26H,5-6,14,23H2,1-4H3. The Hall–Kier alpha value is -2.71. The Kier molecular flexibility index (Phi) is 8.04. The van der Waals surface area contributed by atoms with Crippen molar-refractivity contribution in [3.63, 3.8) is 0 Å². The number of hydrazine groups is 1. The van der Waals surface area contributed by atoms with Gasteiger partial charge in [0.1, 0.15) is 0 Å². The Morgan fingerprint density at radius 2 is 1.69 bits per heavy atom. The average Bonchev–Trinajstić information content (AvgIpc) is 3.24. The summed E-state index contributed by atoms with van der Waals surface area (Å²) in [4.78, 5) is 4.51. The molecule has 1 aromatic heterocycles. The van der Waals surface area contributed by atoms with Gasteiger partial charge in [0, 0.05) is 17.2 Å². The van der Waals surface area contributed by atoms with E-state index in [4.69, 9.17) is 19.4 Å². The van der Waals surface area contributed by atoms with Crippen LogP contribution in [0, 0.1) is 0 Å². The van der Waals surface area contributed by atoms with E-state index in [1.54, 1.807) is 13.8 Å². The molecule has 10 heteroatoms. The zero-order valence-electron chi connectivity index (χ0n) is 18.8. The van der Waals surface area contributed by atoms with Crippen LogP contribution in [-0.4, -0.2) is 29.4 Å². The van der Waals surface area contributed by atoms with Crippen LogP contribution in [0.25, 0.3) is 22.8 Å². The molecule has 32 heavy (non-hydrogen) atoms. The molecule has 3 rings (SSSR count). The predicted octanol–water partition coefficient (Wildman–Crippen LogP) is 5.28. The topological polar surface area (TPSA) is 125 Å². The lowest BCUT2D eigenvalue weighted by atomic mass is 10.1. The zero-order valence-corrected chi connectivity index (χ0v) is 19.7. The molecule has 2 aromatic carbocycles. The fourth-order valence-corrected chi connectivity index (χ4v) is 4.90. The van der Waals surface area contributed by atoms with E-state index < -0.39 is 7.60 Å². The number of nitrogens with zero attached hydrogens (tertiary/aromatic N) is 2. The highest BCUT2D eigenvalue weighted by Gasteiger charge is 2.24. The van der Waals surface area contributed by atoms with E-state index in [-0.39, 0.29) is 12.2 Å². The molecule has 9 nitrogen and oxygen atoms in total. The largest absolute Gasteiger partial charge is 0.381 e. The van der Waals surface area contributed by atoms with E-state index in [9.17, 15) is 4.57 Å². The number of nitrogen functional groups attached to an aromatic ring is 1. The SMILES string of the molecule is CCOP(=O)(Cc1ccc(-c2noc(-c3ccc(NC(C)C)c(NN)c3)n2)cc1)OCC. The number of nitrogens with one attached hydrogen (secondary N) is 2. The van der Waals surface area contributed by atoms with E-state index in [0.717, 1.165) is 28.1 Å². The van der Waals surface area contributed by atoms with Crippen molar-refractivity contribution < 1.29 is 18.1 Å². The molecule has 0 bridgehead atoms. The Morgan fingerprint density at radius 1 is 1.03 bits per heavy atom. The number of anilines is 2. The number of hydrogen-bond donors (Lipinski definition) is 3. The quantitative estimate of drug-likeness (QED) is 0.200. The molecule has 0 aliphatic carbocycles. The van der Waals surface area contributed by atoms with Gasteiger partial charge in [-0.2, -0.15) is 4.98 Å². The maximum absolute atomic E-state index is 12.7. The highest BCUT2D eigenvalue weighted by atomic mass is 31.2. The maximum atomic E-state index is 12.7. The summed E-state index contributed by atoms with van der Waals surface area (Å²) in [6.45, 7) is 8.35. The normalized spacial score (nSPS) is 11.7. The van der Waals surface area contributed by atoms with Crippen LogP contribution in [0.2, 0.25) is 0 Å². The first-order valence-corrected chi connectivity index (χ1v) is 12.3. The van der Waals surface area contributed by atoms with Gasteiger partial charge >= 0.3 is 7.60 Å². The summed E-state index contributed by atoms with van der Waals surface area (Å²) in [6.07, 6.45) is 0.206. The summed E-state index contributed by atoms with van der Waals surface area (Å²) >= 11 is 0. The van der Waals surface area contributed by atoms with Crippen LogP contribution in [0.15, 0.2) is 47.0 Å². The van der Waals surface area contributed by atoms with E-state index in [1.165, 1.54) is 0 Å². The van der Waals surface area contributed by atoms with Crippen molar-refractivity contribution >= 4 is 19.0 Å². The fraction of sp³-hybridized carbons (Fsp3) is 0.364. The number of aromatic nitrogens is 2. The minimum Gasteiger partial charge on any atom is -0.381 e. The van der Waals surface area contributed by atoms with Gasteiger partial charge in [0.15, 0.2) is 0 Å². The Balaban J connectivity index is 1.78. The van der Waals surface area contributed by atoms with Crippen molar-refractivity contribution in [2.75, 3.05) is 24.0 Å². The lowest BCUT2D eigenvalue weighted by Crippen LogP contribution is -2.14. The van der Waals surface area contributed by atoms with Crippen molar-refractivity contribution in [2.45, 2.75) is 39.9 Å². The van der Waals surface area contributed by atoms with E-state index in [2.05, 4.69) is 34.7 Å². The number of hydrogen-bond acceptors (Lipinski definition) is 9. The van der Waals surface area contributed by atoms with Gasteiger partial charge in [0.05, 0.1) is 30.8 Å². The molecular weight excluding hydrogens is 429 g/mol. The van der Waals surface area contributed by atoms with Gasteiger partial charge in [-0.15, -0.1) is 0 Å². The molecule has 0 radical (unpaired) electrons. The van der Waals surface area contributed by atoms with Gasteiger partial charge in [-0.3, -0.25) is 10.4 Å². The second-order valence-electron chi connectivity index (χ2n) is 7.43. The van der Waals surface area contributed by atoms with Crippen molar-refractivity contribution in [3.05, 3.63) is 48.0 Å². The second-order valence-corrected chi connectivity index (χ2v) is 9.48. The molecule has 0 aliphatic rings. The van der Waals surface area contributed by atoms with Gasteiger partial charge in [-0.1, -0.05) is 29.4 Å². The van der Waals surface area contributed by atoms with Crippen LogP contribution in [0.4, 0.5) is 11.4 Å². The van der Waals surface area contributed by atoms with E-state index >= 15 is 0 Å². The monoisotopic (exact) mass is 459 g/mol. The Labute approximate surface area is 188 Å². The summed E-state index contributed by atoms with van der Waals surface area (Å²) in [6, 6.07) is 13.4. The molecule has 0 atom stereocenters. The summed E-state index contributed by atoms with van der Waals surface area (Å²) < 4.78 is 28.9. The van der Waals surface area contributed by atoms with E-state index in [0.29, 0.717) is 24.9 Å².